The molecule has 1 N–H and O–H groups in total. The van der Waals surface area contributed by atoms with Gasteiger partial charge in [0.15, 0.2) is 0 Å². The third-order valence-corrected chi connectivity index (χ3v) is 3.93. The van der Waals surface area contributed by atoms with E-state index >= 15 is 0 Å². The van der Waals surface area contributed by atoms with Crippen LogP contribution in [0.2, 0.25) is 0 Å². The van der Waals surface area contributed by atoms with Crippen LogP contribution < -0.4 is 10.9 Å². The molecule has 0 radical (unpaired) electrons. The maximum atomic E-state index is 12.5. The molecule has 1 aromatic heterocycles. The summed E-state index contributed by atoms with van der Waals surface area (Å²) < 4.78 is 1.44. The van der Waals surface area contributed by atoms with Crippen molar-refractivity contribution < 1.29 is 4.79 Å². The van der Waals surface area contributed by atoms with E-state index in [0.29, 0.717) is 22.2 Å². The Labute approximate surface area is 144 Å². The van der Waals surface area contributed by atoms with Gasteiger partial charge in [0.05, 0.1) is 28.9 Å². The second-order valence-corrected chi connectivity index (χ2v) is 5.70. The highest BCUT2D eigenvalue weighted by molar-refractivity contribution is 5.90. The van der Waals surface area contributed by atoms with Crippen molar-refractivity contribution in [2.45, 2.75) is 19.9 Å². The molecule has 0 aliphatic heterocycles. The van der Waals surface area contributed by atoms with Crippen molar-refractivity contribution >= 4 is 22.5 Å². The monoisotopic (exact) mass is 332 g/mol. The minimum Gasteiger partial charge on any atom is -0.326 e. The van der Waals surface area contributed by atoms with Crippen molar-refractivity contribution in [3.8, 4) is 6.07 Å². The third-order valence-electron chi connectivity index (χ3n) is 3.93. The molecule has 0 saturated heterocycles. The van der Waals surface area contributed by atoms with Gasteiger partial charge in [-0.25, -0.2) is 4.98 Å². The van der Waals surface area contributed by atoms with Gasteiger partial charge in [0.2, 0.25) is 5.91 Å². The fraction of sp³-hybridized carbons (Fsp3) is 0.158. The minimum absolute atomic E-state index is 0.152. The molecule has 0 saturated carbocycles. The summed E-state index contributed by atoms with van der Waals surface area (Å²) in [4.78, 5) is 28.9. The number of para-hydroxylation sites is 1. The first kappa shape index (κ1) is 16.4. The first-order chi connectivity index (χ1) is 12.1. The second kappa shape index (κ2) is 6.97. The van der Waals surface area contributed by atoms with Crippen LogP contribution >= 0.6 is 0 Å². The van der Waals surface area contributed by atoms with E-state index < -0.39 is 0 Å². The predicted octanol–water partition coefficient (Wildman–Crippen LogP) is 2.61. The molecule has 3 aromatic rings. The lowest BCUT2D eigenvalue weighted by Crippen LogP contribution is -2.23. The lowest BCUT2D eigenvalue weighted by molar-refractivity contribution is -0.116. The molecule has 0 atom stereocenters. The van der Waals surface area contributed by atoms with Crippen molar-refractivity contribution in [3.05, 3.63) is 70.3 Å². The Kier molecular flexibility index (Phi) is 4.57. The van der Waals surface area contributed by atoms with Gasteiger partial charge >= 0.3 is 0 Å². The van der Waals surface area contributed by atoms with E-state index in [1.807, 2.05) is 25.1 Å². The highest BCUT2D eigenvalue weighted by Gasteiger charge is 2.08. The molecule has 25 heavy (non-hydrogen) atoms. The summed E-state index contributed by atoms with van der Waals surface area (Å²) >= 11 is 0. The van der Waals surface area contributed by atoms with Crippen LogP contribution in [0.5, 0.6) is 0 Å². The number of carbonyl (C=O) groups excluding carboxylic acids is 1. The van der Waals surface area contributed by atoms with Crippen LogP contribution in [0.25, 0.3) is 10.9 Å². The van der Waals surface area contributed by atoms with Crippen molar-refractivity contribution in [2.24, 2.45) is 0 Å². The van der Waals surface area contributed by atoms with Crippen molar-refractivity contribution in [3.63, 3.8) is 0 Å². The van der Waals surface area contributed by atoms with E-state index in [1.54, 1.807) is 30.3 Å². The van der Waals surface area contributed by atoms with E-state index in [1.165, 1.54) is 10.9 Å². The van der Waals surface area contributed by atoms with Gasteiger partial charge in [-0.15, -0.1) is 0 Å². The lowest BCUT2D eigenvalue weighted by atomic mass is 10.1. The highest BCUT2D eigenvalue weighted by Crippen LogP contribution is 2.12. The summed E-state index contributed by atoms with van der Waals surface area (Å²) in [6, 6.07) is 14.1. The van der Waals surface area contributed by atoms with Crippen LogP contribution in [0.4, 0.5) is 5.69 Å². The molecule has 0 unspecified atom stereocenters. The van der Waals surface area contributed by atoms with Gasteiger partial charge in [0.1, 0.15) is 0 Å². The van der Waals surface area contributed by atoms with Gasteiger partial charge in [0, 0.05) is 18.7 Å². The molecular weight excluding hydrogens is 316 g/mol. The zero-order chi connectivity index (χ0) is 17.8. The number of nitrogens with zero attached hydrogens (tertiary/aromatic N) is 3. The summed E-state index contributed by atoms with van der Waals surface area (Å²) in [6.07, 6.45) is 1.63. The first-order valence-corrected chi connectivity index (χ1v) is 7.83. The smallest absolute Gasteiger partial charge is 0.261 e. The Bertz CT molecular complexity index is 1030. The fourth-order valence-electron chi connectivity index (χ4n) is 2.57. The van der Waals surface area contributed by atoms with Crippen LogP contribution in [0.1, 0.15) is 17.5 Å². The van der Waals surface area contributed by atoms with Crippen LogP contribution in [-0.2, 0) is 11.3 Å². The van der Waals surface area contributed by atoms with E-state index in [2.05, 4.69) is 10.3 Å². The van der Waals surface area contributed by atoms with Crippen LogP contribution in [0, 0.1) is 18.3 Å². The SMILES string of the molecule is Cc1cccc2c(=O)n(CCC(=O)Nc3ccc(C#N)cc3)cnc12. The van der Waals surface area contributed by atoms with Crippen molar-refractivity contribution in [2.75, 3.05) is 5.32 Å². The van der Waals surface area contributed by atoms with E-state index in [-0.39, 0.29) is 24.4 Å². The van der Waals surface area contributed by atoms with Crippen LogP contribution in [0.15, 0.2) is 53.6 Å². The Morgan fingerprint density at radius 3 is 2.72 bits per heavy atom. The molecule has 124 valence electrons. The number of nitrogens with one attached hydrogen (secondary N) is 1. The average Bonchev–Trinajstić information content (AvgIpc) is 2.62. The molecular formula is C19H16N4O2. The van der Waals surface area contributed by atoms with Gasteiger partial charge in [-0.1, -0.05) is 12.1 Å². The normalized spacial score (nSPS) is 10.4. The van der Waals surface area contributed by atoms with Gasteiger partial charge in [-0.2, -0.15) is 5.26 Å². The summed E-state index contributed by atoms with van der Waals surface area (Å²) in [5, 5.41) is 12.1. The number of benzene rings is 2. The zero-order valence-electron chi connectivity index (χ0n) is 13.7. The van der Waals surface area contributed by atoms with Crippen LogP contribution in [-0.4, -0.2) is 15.5 Å². The van der Waals surface area contributed by atoms with E-state index in [9.17, 15) is 9.59 Å². The first-order valence-electron chi connectivity index (χ1n) is 7.83. The largest absolute Gasteiger partial charge is 0.326 e. The number of carbonyl (C=O) groups is 1. The summed E-state index contributed by atoms with van der Waals surface area (Å²) in [5.74, 6) is -0.207. The van der Waals surface area contributed by atoms with Gasteiger partial charge in [-0.3, -0.25) is 14.2 Å². The van der Waals surface area contributed by atoms with E-state index in [4.69, 9.17) is 5.26 Å². The Morgan fingerprint density at radius 1 is 1.24 bits per heavy atom. The molecule has 0 bridgehead atoms. The quantitative estimate of drug-likeness (QED) is 0.795. The molecule has 0 aliphatic rings. The maximum Gasteiger partial charge on any atom is 0.261 e. The number of aryl methyl sites for hydroxylation is 2. The topological polar surface area (TPSA) is 87.8 Å². The summed E-state index contributed by atoms with van der Waals surface area (Å²) in [5.41, 5.74) is 2.62. The minimum atomic E-state index is -0.207. The molecule has 6 nitrogen and oxygen atoms in total. The molecule has 0 aliphatic carbocycles. The molecule has 1 heterocycles. The Morgan fingerprint density at radius 2 is 2.00 bits per heavy atom. The summed E-state index contributed by atoms with van der Waals surface area (Å²) in [6.45, 7) is 2.15. The highest BCUT2D eigenvalue weighted by atomic mass is 16.1. The number of nitriles is 1. The third kappa shape index (κ3) is 3.56. The molecule has 3 rings (SSSR count). The number of hydrogen-bond donors (Lipinski definition) is 1. The number of fused-ring (bicyclic) bond motifs is 1. The van der Waals surface area contributed by atoms with Crippen molar-refractivity contribution in [1.29, 1.82) is 5.26 Å². The Hall–Kier alpha value is -3.46. The number of aromatic nitrogens is 2. The van der Waals surface area contributed by atoms with Gasteiger partial charge in [-0.05, 0) is 42.8 Å². The predicted molar refractivity (Wildman–Crippen MR) is 95.1 cm³/mol. The number of amides is 1. The van der Waals surface area contributed by atoms with Gasteiger partial charge < -0.3 is 5.32 Å². The van der Waals surface area contributed by atoms with E-state index in [0.717, 1.165) is 5.56 Å². The molecule has 0 fully saturated rings. The Balaban J connectivity index is 1.70. The van der Waals surface area contributed by atoms with Crippen LogP contribution in [0.3, 0.4) is 0 Å². The number of hydrogen-bond acceptors (Lipinski definition) is 4. The molecule has 6 heteroatoms. The van der Waals surface area contributed by atoms with Crippen molar-refractivity contribution in [1.82, 2.24) is 9.55 Å². The molecule has 2 aromatic carbocycles. The lowest BCUT2D eigenvalue weighted by Gasteiger charge is -2.08. The average molecular weight is 332 g/mol. The number of anilines is 1. The maximum absolute atomic E-state index is 12.5. The zero-order valence-corrected chi connectivity index (χ0v) is 13.7. The summed E-state index contributed by atoms with van der Waals surface area (Å²) in [7, 11) is 0. The number of rotatable bonds is 4. The molecule has 1 amide bonds. The second-order valence-electron chi connectivity index (χ2n) is 5.70. The molecule has 0 spiro atoms. The van der Waals surface area contributed by atoms with Gasteiger partial charge in [0.25, 0.3) is 5.56 Å². The standard InChI is InChI=1S/C19H16N4O2/c1-13-3-2-4-16-18(13)21-12-23(19(16)25)10-9-17(24)22-15-7-5-14(11-20)6-8-15/h2-8,12H,9-10H2,1H3,(H,22,24). The fourth-order valence-corrected chi connectivity index (χ4v) is 2.57.